The number of amides is 1. The Labute approximate surface area is 110 Å². The van der Waals surface area contributed by atoms with Crippen LogP contribution in [0.5, 0.6) is 0 Å². The summed E-state index contributed by atoms with van der Waals surface area (Å²) in [7, 11) is 0. The quantitative estimate of drug-likeness (QED) is 0.369. The maximum atomic E-state index is 11.9. The van der Waals surface area contributed by atoms with Gasteiger partial charge in [-0.1, -0.05) is 5.11 Å². The Bertz CT molecular complexity index is 539. The minimum atomic E-state index is -0.123. The van der Waals surface area contributed by atoms with Crippen molar-refractivity contribution in [1.29, 1.82) is 0 Å². The molecule has 1 aliphatic heterocycles. The zero-order valence-electron chi connectivity index (χ0n) is 10.4. The number of aliphatic hydroxyl groups excluding tert-OH is 1. The van der Waals surface area contributed by atoms with E-state index in [-0.39, 0.29) is 18.4 Å². The second-order valence-corrected chi connectivity index (χ2v) is 4.58. The Hall–Kier alpha value is -2.24. The van der Waals surface area contributed by atoms with Crippen LogP contribution in [0, 0.1) is 5.92 Å². The minimum absolute atomic E-state index is 0.0207. The second-order valence-electron chi connectivity index (χ2n) is 4.58. The molecule has 7 heteroatoms. The van der Waals surface area contributed by atoms with E-state index in [0.29, 0.717) is 36.4 Å². The van der Waals surface area contributed by atoms with Gasteiger partial charge < -0.3 is 15.7 Å². The molecule has 0 aliphatic carbocycles. The van der Waals surface area contributed by atoms with Gasteiger partial charge in [0.15, 0.2) is 0 Å². The summed E-state index contributed by atoms with van der Waals surface area (Å²) in [6, 6.07) is 5.11. The van der Waals surface area contributed by atoms with Crippen LogP contribution in [-0.2, 0) is 11.4 Å². The number of benzene rings is 1. The molecule has 1 unspecified atom stereocenters. The summed E-state index contributed by atoms with van der Waals surface area (Å²) in [4.78, 5) is 16.3. The number of azide groups is 1. The third-order valence-electron chi connectivity index (χ3n) is 3.10. The summed E-state index contributed by atoms with van der Waals surface area (Å²) < 4.78 is 0. The predicted octanol–water partition coefficient (Wildman–Crippen LogP) is 1.42. The molecular formula is C12H15N5O2. The van der Waals surface area contributed by atoms with Crippen LogP contribution >= 0.6 is 0 Å². The summed E-state index contributed by atoms with van der Waals surface area (Å²) in [5.74, 6) is 0.00929. The number of carbonyl (C=O) groups is 1. The summed E-state index contributed by atoms with van der Waals surface area (Å²) in [6.07, 6.45) is 0.363. The number of nitrogens with two attached hydrogens (primary N) is 1. The van der Waals surface area contributed by atoms with Crippen molar-refractivity contribution in [3.05, 3.63) is 34.2 Å². The van der Waals surface area contributed by atoms with Crippen molar-refractivity contribution in [2.45, 2.75) is 13.0 Å². The van der Waals surface area contributed by atoms with Crippen molar-refractivity contribution in [2.75, 3.05) is 23.7 Å². The molecule has 3 N–H and O–H groups in total. The molecule has 1 saturated heterocycles. The van der Waals surface area contributed by atoms with Crippen LogP contribution in [0.3, 0.4) is 0 Å². The van der Waals surface area contributed by atoms with E-state index >= 15 is 0 Å². The zero-order valence-corrected chi connectivity index (χ0v) is 10.4. The lowest BCUT2D eigenvalue weighted by Crippen LogP contribution is -2.25. The molecular weight excluding hydrogens is 246 g/mol. The van der Waals surface area contributed by atoms with Crippen LogP contribution in [0.1, 0.15) is 12.0 Å². The van der Waals surface area contributed by atoms with E-state index in [4.69, 9.17) is 16.4 Å². The first-order chi connectivity index (χ1) is 9.13. The molecule has 0 aromatic heterocycles. The fourth-order valence-corrected chi connectivity index (χ4v) is 2.25. The number of anilines is 2. The lowest BCUT2D eigenvalue weighted by molar-refractivity contribution is -0.117. The van der Waals surface area contributed by atoms with Crippen molar-refractivity contribution < 1.29 is 9.90 Å². The predicted molar refractivity (Wildman–Crippen MR) is 71.3 cm³/mol. The molecule has 1 fully saturated rings. The summed E-state index contributed by atoms with van der Waals surface area (Å²) >= 11 is 0. The third-order valence-corrected chi connectivity index (χ3v) is 3.10. The standard InChI is InChI=1S/C12H15N5O2/c13-10-1-8(7-18)2-11(4-10)17-6-9(3-12(17)19)5-15-16-14/h1-2,4,9,18H,3,5-7,13H2. The van der Waals surface area contributed by atoms with Crippen LogP contribution in [0.15, 0.2) is 23.3 Å². The Morgan fingerprint density at radius 2 is 2.32 bits per heavy atom. The molecule has 1 aromatic carbocycles. The first kappa shape index (κ1) is 13.2. The van der Waals surface area contributed by atoms with Crippen LogP contribution in [0.25, 0.3) is 10.4 Å². The number of nitrogen functional groups attached to an aromatic ring is 1. The van der Waals surface area contributed by atoms with E-state index in [1.54, 1.807) is 23.1 Å². The van der Waals surface area contributed by atoms with E-state index in [9.17, 15) is 4.79 Å². The van der Waals surface area contributed by atoms with Crippen molar-refractivity contribution in [3.63, 3.8) is 0 Å². The Morgan fingerprint density at radius 3 is 3.00 bits per heavy atom. The van der Waals surface area contributed by atoms with E-state index in [1.807, 2.05) is 0 Å². The lowest BCUT2D eigenvalue weighted by Gasteiger charge is -2.18. The molecule has 0 spiro atoms. The Morgan fingerprint density at radius 1 is 1.53 bits per heavy atom. The van der Waals surface area contributed by atoms with Crippen molar-refractivity contribution in [2.24, 2.45) is 11.0 Å². The average molecular weight is 261 g/mol. The molecule has 0 bridgehead atoms. The Balaban J connectivity index is 2.20. The molecule has 100 valence electrons. The van der Waals surface area contributed by atoms with E-state index in [0.717, 1.165) is 0 Å². The highest BCUT2D eigenvalue weighted by Gasteiger charge is 2.30. The molecule has 19 heavy (non-hydrogen) atoms. The van der Waals surface area contributed by atoms with Gasteiger partial charge in [-0.3, -0.25) is 4.79 Å². The normalized spacial score (nSPS) is 18.5. The number of nitrogens with zero attached hydrogens (tertiary/aromatic N) is 4. The summed E-state index contributed by atoms with van der Waals surface area (Å²) in [6.45, 7) is 0.697. The molecule has 1 amide bonds. The largest absolute Gasteiger partial charge is 0.399 e. The smallest absolute Gasteiger partial charge is 0.227 e. The van der Waals surface area contributed by atoms with Gasteiger partial charge in [0.05, 0.1) is 6.61 Å². The van der Waals surface area contributed by atoms with Gasteiger partial charge in [-0.2, -0.15) is 0 Å². The van der Waals surface area contributed by atoms with Gasteiger partial charge >= 0.3 is 0 Å². The molecule has 0 radical (unpaired) electrons. The topological polar surface area (TPSA) is 115 Å². The van der Waals surface area contributed by atoms with Gasteiger partial charge in [-0.15, -0.1) is 0 Å². The van der Waals surface area contributed by atoms with Crippen molar-refractivity contribution in [3.8, 4) is 0 Å². The highest BCUT2D eigenvalue weighted by molar-refractivity contribution is 5.96. The number of aliphatic hydroxyl groups is 1. The Kier molecular flexibility index (Phi) is 3.89. The maximum Gasteiger partial charge on any atom is 0.227 e. The number of hydrogen-bond acceptors (Lipinski definition) is 4. The van der Waals surface area contributed by atoms with Crippen molar-refractivity contribution in [1.82, 2.24) is 0 Å². The first-order valence-electron chi connectivity index (χ1n) is 5.95. The summed E-state index contributed by atoms with van der Waals surface area (Å²) in [5, 5.41) is 12.7. The van der Waals surface area contributed by atoms with Crippen LogP contribution in [-0.4, -0.2) is 24.1 Å². The van der Waals surface area contributed by atoms with Gasteiger partial charge in [-0.05, 0) is 35.2 Å². The molecule has 1 aliphatic rings. The van der Waals surface area contributed by atoms with Gasteiger partial charge in [0.2, 0.25) is 5.91 Å². The lowest BCUT2D eigenvalue weighted by atomic mass is 10.1. The number of carbonyl (C=O) groups excluding carboxylic acids is 1. The molecule has 7 nitrogen and oxygen atoms in total. The second kappa shape index (κ2) is 5.60. The molecule has 0 saturated carbocycles. The minimum Gasteiger partial charge on any atom is -0.399 e. The van der Waals surface area contributed by atoms with E-state index in [1.165, 1.54) is 0 Å². The average Bonchev–Trinajstić information content (AvgIpc) is 2.76. The molecule has 1 heterocycles. The maximum absolute atomic E-state index is 11.9. The van der Waals surface area contributed by atoms with Gasteiger partial charge in [0, 0.05) is 35.8 Å². The van der Waals surface area contributed by atoms with Crippen LogP contribution in [0.2, 0.25) is 0 Å². The third kappa shape index (κ3) is 2.96. The van der Waals surface area contributed by atoms with Crippen LogP contribution in [0.4, 0.5) is 11.4 Å². The number of rotatable bonds is 4. The van der Waals surface area contributed by atoms with E-state index < -0.39 is 0 Å². The monoisotopic (exact) mass is 261 g/mol. The molecule has 2 rings (SSSR count). The molecule has 1 aromatic rings. The van der Waals surface area contributed by atoms with E-state index in [2.05, 4.69) is 10.0 Å². The SMILES string of the molecule is [N-]=[N+]=NCC1CC(=O)N(c2cc(N)cc(CO)c2)C1. The fraction of sp³-hybridized carbons (Fsp3) is 0.417. The van der Waals surface area contributed by atoms with Crippen LogP contribution < -0.4 is 10.6 Å². The molecule has 1 atom stereocenters. The first-order valence-corrected chi connectivity index (χ1v) is 5.95. The van der Waals surface area contributed by atoms with Gasteiger partial charge in [0.25, 0.3) is 0 Å². The highest BCUT2D eigenvalue weighted by Crippen LogP contribution is 2.28. The summed E-state index contributed by atoms with van der Waals surface area (Å²) in [5.41, 5.74) is 15.9. The van der Waals surface area contributed by atoms with Gasteiger partial charge in [0.1, 0.15) is 0 Å². The zero-order chi connectivity index (χ0) is 13.8. The van der Waals surface area contributed by atoms with Gasteiger partial charge in [-0.25, -0.2) is 0 Å². The van der Waals surface area contributed by atoms with Crippen molar-refractivity contribution >= 4 is 17.3 Å². The highest BCUT2D eigenvalue weighted by atomic mass is 16.3. The fourth-order valence-electron chi connectivity index (χ4n) is 2.25. The number of hydrogen-bond donors (Lipinski definition) is 2.